The average Bonchev–Trinajstić information content (AvgIpc) is 2.69. The molecule has 2 N–H and O–H groups in total. The van der Waals surface area contributed by atoms with Crippen LogP contribution in [0.15, 0.2) is 16.5 Å². The van der Waals surface area contributed by atoms with Gasteiger partial charge in [-0.15, -0.1) is 0 Å². The second-order valence-corrected chi connectivity index (χ2v) is 3.94. The van der Waals surface area contributed by atoms with Crippen LogP contribution in [0.4, 0.5) is 13.2 Å². The Morgan fingerprint density at radius 1 is 1.44 bits per heavy atom. The highest BCUT2D eigenvalue weighted by atomic mass is 19.4. The van der Waals surface area contributed by atoms with Crippen molar-refractivity contribution >= 4 is 5.91 Å². The molecule has 0 aliphatic rings. The number of carbonyl (C=O) groups excluding carboxylic acids is 1. The number of furan rings is 1. The third-order valence-electron chi connectivity index (χ3n) is 2.24. The molecule has 0 aromatic carbocycles. The fourth-order valence-electron chi connectivity index (χ4n) is 1.29. The van der Waals surface area contributed by atoms with E-state index < -0.39 is 18.6 Å². The number of rotatable bonds is 5. The van der Waals surface area contributed by atoms with Crippen molar-refractivity contribution in [3.8, 4) is 0 Å². The molecule has 1 aromatic heterocycles. The molecule has 1 unspecified atom stereocenters. The summed E-state index contributed by atoms with van der Waals surface area (Å²) in [5, 5.41) is 4.55. The Kier molecular flexibility index (Phi) is 4.77. The molecule has 18 heavy (non-hydrogen) atoms. The first-order chi connectivity index (χ1) is 8.28. The van der Waals surface area contributed by atoms with Gasteiger partial charge in [0.2, 0.25) is 5.91 Å². The van der Waals surface area contributed by atoms with Crippen molar-refractivity contribution in [1.82, 2.24) is 10.6 Å². The molecule has 4 nitrogen and oxygen atoms in total. The summed E-state index contributed by atoms with van der Waals surface area (Å²) in [6.45, 7) is 2.03. The average molecular weight is 264 g/mol. The molecular formula is C11H15F3N2O2. The van der Waals surface area contributed by atoms with E-state index in [0.717, 1.165) is 5.76 Å². The summed E-state index contributed by atoms with van der Waals surface area (Å²) >= 11 is 0. The second kappa shape index (κ2) is 5.90. The lowest BCUT2D eigenvalue weighted by molar-refractivity contribution is -0.137. The number of carbonyl (C=O) groups is 1. The van der Waals surface area contributed by atoms with Gasteiger partial charge in [0.1, 0.15) is 18.1 Å². The van der Waals surface area contributed by atoms with Crippen molar-refractivity contribution in [1.29, 1.82) is 0 Å². The highest BCUT2D eigenvalue weighted by Crippen LogP contribution is 2.15. The van der Waals surface area contributed by atoms with Crippen LogP contribution >= 0.6 is 0 Å². The zero-order chi connectivity index (χ0) is 13.8. The van der Waals surface area contributed by atoms with E-state index in [1.165, 1.54) is 0 Å². The van der Waals surface area contributed by atoms with Gasteiger partial charge in [-0.3, -0.25) is 10.1 Å². The third-order valence-corrected chi connectivity index (χ3v) is 2.24. The van der Waals surface area contributed by atoms with Gasteiger partial charge in [0.05, 0.1) is 12.6 Å². The number of amides is 1. The Bertz CT molecular complexity index is 401. The molecule has 0 spiro atoms. The topological polar surface area (TPSA) is 54.3 Å². The van der Waals surface area contributed by atoms with E-state index in [2.05, 4.69) is 5.32 Å². The van der Waals surface area contributed by atoms with Crippen molar-refractivity contribution < 1.29 is 22.4 Å². The Hall–Kier alpha value is -1.50. The fraction of sp³-hybridized carbons (Fsp3) is 0.545. The minimum absolute atomic E-state index is 0.197. The van der Waals surface area contributed by atoms with Crippen LogP contribution in [-0.4, -0.2) is 25.2 Å². The van der Waals surface area contributed by atoms with E-state index in [4.69, 9.17) is 4.42 Å². The molecule has 0 aliphatic carbocycles. The van der Waals surface area contributed by atoms with Crippen molar-refractivity contribution in [2.24, 2.45) is 0 Å². The predicted octanol–water partition coefficient (Wildman–Crippen LogP) is 1.92. The quantitative estimate of drug-likeness (QED) is 0.854. The van der Waals surface area contributed by atoms with Crippen LogP contribution in [0.5, 0.6) is 0 Å². The molecule has 1 aromatic rings. The van der Waals surface area contributed by atoms with Gasteiger partial charge >= 0.3 is 6.18 Å². The van der Waals surface area contributed by atoms with Crippen LogP contribution < -0.4 is 10.6 Å². The Labute approximate surface area is 103 Å². The van der Waals surface area contributed by atoms with Crippen molar-refractivity contribution in [3.05, 3.63) is 23.7 Å². The molecule has 0 aliphatic heterocycles. The van der Waals surface area contributed by atoms with E-state index in [1.807, 2.05) is 0 Å². The van der Waals surface area contributed by atoms with Crippen LogP contribution in [0.2, 0.25) is 0 Å². The standard InChI is InChI=1S/C11H15F3N2O2/c1-7-3-4-9(18-7)8(2)15-5-10(17)16-6-11(12,13)14/h3-4,8,15H,5-6H2,1-2H3,(H,16,17). The maximum atomic E-state index is 11.8. The number of aryl methyl sites for hydroxylation is 1. The highest BCUT2D eigenvalue weighted by molar-refractivity contribution is 5.78. The molecule has 1 rings (SSSR count). The third kappa shape index (κ3) is 5.22. The smallest absolute Gasteiger partial charge is 0.405 e. The van der Waals surface area contributed by atoms with Crippen molar-refractivity contribution in [2.45, 2.75) is 26.1 Å². The van der Waals surface area contributed by atoms with E-state index in [0.29, 0.717) is 5.76 Å². The minimum atomic E-state index is -4.39. The fourth-order valence-corrected chi connectivity index (χ4v) is 1.29. The van der Waals surface area contributed by atoms with Crippen molar-refractivity contribution in [2.75, 3.05) is 13.1 Å². The maximum absolute atomic E-state index is 11.8. The zero-order valence-corrected chi connectivity index (χ0v) is 10.1. The molecule has 0 saturated heterocycles. The van der Waals surface area contributed by atoms with Gasteiger partial charge in [0.25, 0.3) is 0 Å². The molecule has 1 amide bonds. The first kappa shape index (κ1) is 14.6. The lowest BCUT2D eigenvalue weighted by atomic mass is 10.2. The number of alkyl halides is 3. The Balaban J connectivity index is 2.30. The highest BCUT2D eigenvalue weighted by Gasteiger charge is 2.27. The summed E-state index contributed by atoms with van der Waals surface area (Å²) in [6.07, 6.45) is -4.39. The molecule has 102 valence electrons. The summed E-state index contributed by atoms with van der Waals surface area (Å²) in [6, 6.07) is 3.29. The van der Waals surface area contributed by atoms with Gasteiger partial charge in [-0.1, -0.05) is 0 Å². The van der Waals surface area contributed by atoms with Gasteiger partial charge in [0.15, 0.2) is 0 Å². The molecule has 7 heteroatoms. The predicted molar refractivity (Wildman–Crippen MR) is 58.9 cm³/mol. The van der Waals surface area contributed by atoms with E-state index in [1.54, 1.807) is 31.3 Å². The molecule has 0 radical (unpaired) electrons. The SMILES string of the molecule is Cc1ccc(C(C)NCC(=O)NCC(F)(F)F)o1. The monoisotopic (exact) mass is 264 g/mol. The van der Waals surface area contributed by atoms with E-state index >= 15 is 0 Å². The summed E-state index contributed by atoms with van der Waals surface area (Å²) in [4.78, 5) is 11.1. The Morgan fingerprint density at radius 3 is 2.61 bits per heavy atom. The lowest BCUT2D eigenvalue weighted by Gasteiger charge is -2.12. The van der Waals surface area contributed by atoms with Crippen molar-refractivity contribution in [3.63, 3.8) is 0 Å². The van der Waals surface area contributed by atoms with E-state index in [-0.39, 0.29) is 12.6 Å². The first-order valence-electron chi connectivity index (χ1n) is 5.41. The number of halogens is 3. The number of hydrogen-bond donors (Lipinski definition) is 2. The van der Waals surface area contributed by atoms with E-state index in [9.17, 15) is 18.0 Å². The van der Waals surface area contributed by atoms with Crippen LogP contribution in [-0.2, 0) is 4.79 Å². The molecule has 0 saturated carbocycles. The molecule has 1 atom stereocenters. The van der Waals surface area contributed by atoms with Crippen LogP contribution in [0.1, 0.15) is 24.5 Å². The number of nitrogens with one attached hydrogen (secondary N) is 2. The summed E-state index contributed by atoms with van der Waals surface area (Å²) in [5.41, 5.74) is 0. The molecule has 0 bridgehead atoms. The van der Waals surface area contributed by atoms with Gasteiger partial charge in [-0.05, 0) is 26.0 Å². The van der Waals surface area contributed by atoms with Crippen LogP contribution in [0.3, 0.4) is 0 Å². The lowest BCUT2D eigenvalue weighted by Crippen LogP contribution is -2.39. The maximum Gasteiger partial charge on any atom is 0.405 e. The second-order valence-electron chi connectivity index (χ2n) is 3.94. The molecular weight excluding hydrogens is 249 g/mol. The van der Waals surface area contributed by atoms with Crippen LogP contribution in [0.25, 0.3) is 0 Å². The minimum Gasteiger partial charge on any atom is -0.465 e. The van der Waals surface area contributed by atoms with Gasteiger partial charge in [-0.2, -0.15) is 13.2 Å². The molecule has 1 heterocycles. The molecule has 0 fully saturated rings. The summed E-state index contributed by atoms with van der Waals surface area (Å²) < 4.78 is 40.8. The largest absolute Gasteiger partial charge is 0.465 e. The summed E-state index contributed by atoms with van der Waals surface area (Å²) in [5.74, 6) is 0.666. The van der Waals surface area contributed by atoms with Gasteiger partial charge in [0, 0.05) is 0 Å². The van der Waals surface area contributed by atoms with Crippen LogP contribution in [0, 0.1) is 6.92 Å². The normalized spacial score (nSPS) is 13.4. The van der Waals surface area contributed by atoms with Gasteiger partial charge in [-0.25, -0.2) is 0 Å². The van der Waals surface area contributed by atoms with Gasteiger partial charge < -0.3 is 9.73 Å². The first-order valence-corrected chi connectivity index (χ1v) is 5.41. The summed E-state index contributed by atoms with van der Waals surface area (Å²) in [7, 11) is 0. The Morgan fingerprint density at radius 2 is 2.11 bits per heavy atom. The zero-order valence-electron chi connectivity index (χ0n) is 10.1. The number of hydrogen-bond acceptors (Lipinski definition) is 3.